The maximum atomic E-state index is 12.9. The largest absolute Gasteiger partial charge is 0.493 e. The summed E-state index contributed by atoms with van der Waals surface area (Å²) in [6.07, 6.45) is 3.28. The van der Waals surface area contributed by atoms with Gasteiger partial charge in [0.1, 0.15) is 24.8 Å². The molecule has 2 aromatic rings. The van der Waals surface area contributed by atoms with Crippen LogP contribution in [-0.2, 0) is 4.79 Å². The summed E-state index contributed by atoms with van der Waals surface area (Å²) in [5.74, 6) is 0.816. The van der Waals surface area contributed by atoms with E-state index in [2.05, 4.69) is 29.2 Å². The summed E-state index contributed by atoms with van der Waals surface area (Å²) in [7, 11) is 1.53. The Morgan fingerprint density at radius 2 is 1.94 bits per heavy atom. The first-order valence-electron chi connectivity index (χ1n) is 9.18. The van der Waals surface area contributed by atoms with Crippen LogP contribution in [-0.4, -0.2) is 42.9 Å². The quantitative estimate of drug-likeness (QED) is 0.243. The maximum Gasteiger partial charge on any atom is 0.293 e. The first kappa shape index (κ1) is 23.1. The molecule has 31 heavy (non-hydrogen) atoms. The lowest BCUT2D eigenvalue weighted by atomic mass is 10.2. The highest BCUT2D eigenvalue weighted by Crippen LogP contribution is 2.37. The Bertz CT molecular complexity index is 1030. The Hall–Kier alpha value is -2.53. The van der Waals surface area contributed by atoms with Crippen molar-refractivity contribution in [2.45, 2.75) is 0 Å². The fraction of sp³-hybridized carbons (Fsp3) is 0.182. The molecule has 1 heterocycles. The van der Waals surface area contributed by atoms with Crippen molar-refractivity contribution >= 4 is 51.6 Å². The van der Waals surface area contributed by atoms with Crippen LogP contribution >= 0.6 is 34.4 Å². The Kier molecular flexibility index (Phi) is 7.97. The zero-order valence-electron chi connectivity index (χ0n) is 16.6. The number of carbonyl (C=O) groups is 2. The third-order valence-electron chi connectivity index (χ3n) is 4.17. The monoisotopic (exact) mass is 555 g/mol. The number of nitrogens with zero attached hydrogens (tertiary/aromatic N) is 1. The smallest absolute Gasteiger partial charge is 0.293 e. The summed E-state index contributed by atoms with van der Waals surface area (Å²) in [5, 5.41) is -0.369. The van der Waals surface area contributed by atoms with Crippen LogP contribution in [0, 0.1) is 9.39 Å². The molecule has 1 saturated heterocycles. The highest BCUT2D eigenvalue weighted by Gasteiger charge is 2.34. The van der Waals surface area contributed by atoms with E-state index < -0.39 is 5.91 Å². The number of amides is 2. The van der Waals surface area contributed by atoms with E-state index in [1.807, 2.05) is 6.07 Å². The van der Waals surface area contributed by atoms with E-state index in [1.54, 1.807) is 18.2 Å². The van der Waals surface area contributed by atoms with E-state index in [0.717, 1.165) is 20.2 Å². The second-order valence-corrected chi connectivity index (χ2v) is 8.42. The van der Waals surface area contributed by atoms with Crippen LogP contribution in [0.4, 0.5) is 9.18 Å². The molecule has 162 valence electrons. The van der Waals surface area contributed by atoms with Gasteiger partial charge >= 0.3 is 0 Å². The van der Waals surface area contributed by atoms with Gasteiger partial charge in [-0.15, -0.1) is 0 Å². The van der Waals surface area contributed by atoms with Gasteiger partial charge in [0.2, 0.25) is 0 Å². The minimum atomic E-state index is -0.390. The molecule has 0 N–H and O–H groups in total. The number of ether oxygens (including phenoxy) is 3. The van der Waals surface area contributed by atoms with E-state index in [9.17, 15) is 14.0 Å². The Balaban J connectivity index is 1.70. The molecular formula is C22H19FINO5S. The van der Waals surface area contributed by atoms with Crippen molar-refractivity contribution in [3.8, 4) is 17.2 Å². The summed E-state index contributed by atoms with van der Waals surface area (Å²) in [6.45, 7) is 4.17. The summed E-state index contributed by atoms with van der Waals surface area (Å²) in [4.78, 5) is 26.4. The molecule has 1 aliphatic heterocycles. The molecule has 1 fully saturated rings. The van der Waals surface area contributed by atoms with E-state index in [0.29, 0.717) is 34.3 Å². The number of imide groups is 1. The van der Waals surface area contributed by atoms with Gasteiger partial charge in [-0.05, 0) is 82.4 Å². The second-order valence-electron chi connectivity index (χ2n) is 6.27. The molecule has 0 atom stereocenters. The standard InChI is InChI=1S/C22H19FINO5S/c1-3-9-30-20-17(24)11-14(12-18(20)28-2)13-19-21(26)25(22(27)31-19)8-10-29-16-6-4-15(23)5-7-16/h3-7,11-13H,1,8-10H2,2H3/b19-13+. The Morgan fingerprint density at radius 1 is 1.19 bits per heavy atom. The summed E-state index contributed by atoms with van der Waals surface area (Å²) < 4.78 is 30.3. The van der Waals surface area contributed by atoms with Crippen LogP contribution in [0.5, 0.6) is 17.2 Å². The minimum Gasteiger partial charge on any atom is -0.493 e. The minimum absolute atomic E-state index is 0.0918. The molecule has 3 rings (SSSR count). The van der Waals surface area contributed by atoms with Crippen LogP contribution in [0.3, 0.4) is 0 Å². The molecule has 2 aromatic carbocycles. The zero-order valence-corrected chi connectivity index (χ0v) is 19.6. The van der Waals surface area contributed by atoms with E-state index in [-0.39, 0.29) is 24.2 Å². The van der Waals surface area contributed by atoms with Gasteiger partial charge < -0.3 is 14.2 Å². The SMILES string of the molecule is C=CCOc1c(I)cc(/C=C2/SC(=O)N(CCOc3ccc(F)cc3)C2=O)cc1OC. The molecule has 0 spiro atoms. The van der Waals surface area contributed by atoms with Gasteiger partial charge in [0.25, 0.3) is 11.1 Å². The molecule has 6 nitrogen and oxygen atoms in total. The number of hydrogen-bond acceptors (Lipinski definition) is 6. The molecular weight excluding hydrogens is 536 g/mol. The van der Waals surface area contributed by atoms with Crippen molar-refractivity contribution in [3.63, 3.8) is 0 Å². The van der Waals surface area contributed by atoms with Gasteiger partial charge in [0.05, 0.1) is 22.1 Å². The molecule has 0 bridgehead atoms. The van der Waals surface area contributed by atoms with Crippen molar-refractivity contribution < 1.29 is 28.2 Å². The number of methoxy groups -OCH3 is 1. The maximum absolute atomic E-state index is 12.9. The van der Waals surface area contributed by atoms with E-state index >= 15 is 0 Å². The molecule has 0 aromatic heterocycles. The molecule has 2 amide bonds. The average Bonchev–Trinajstić information content (AvgIpc) is 3.01. The first-order chi connectivity index (χ1) is 14.9. The molecule has 9 heteroatoms. The fourth-order valence-electron chi connectivity index (χ4n) is 2.74. The topological polar surface area (TPSA) is 65.1 Å². The summed E-state index contributed by atoms with van der Waals surface area (Å²) in [5.41, 5.74) is 0.709. The summed E-state index contributed by atoms with van der Waals surface area (Å²) in [6, 6.07) is 9.11. The highest BCUT2D eigenvalue weighted by molar-refractivity contribution is 14.1. The first-order valence-corrected chi connectivity index (χ1v) is 11.1. The number of carbonyl (C=O) groups excluding carboxylic acids is 2. The van der Waals surface area contributed by atoms with Gasteiger partial charge in [0.15, 0.2) is 11.5 Å². The third-order valence-corrected chi connectivity index (χ3v) is 5.87. The lowest BCUT2D eigenvalue weighted by Gasteiger charge is -2.13. The molecule has 1 aliphatic rings. The van der Waals surface area contributed by atoms with Crippen molar-refractivity contribution in [1.82, 2.24) is 4.90 Å². The normalized spacial score (nSPS) is 14.8. The van der Waals surface area contributed by atoms with Crippen LogP contribution in [0.1, 0.15) is 5.56 Å². The van der Waals surface area contributed by atoms with E-state index in [1.165, 1.54) is 31.4 Å². The van der Waals surface area contributed by atoms with Gasteiger partial charge in [-0.25, -0.2) is 4.39 Å². The van der Waals surface area contributed by atoms with E-state index in [4.69, 9.17) is 14.2 Å². The molecule has 0 aliphatic carbocycles. The van der Waals surface area contributed by atoms with Crippen molar-refractivity contribution in [1.29, 1.82) is 0 Å². The third kappa shape index (κ3) is 5.79. The van der Waals surface area contributed by atoms with Crippen LogP contribution in [0.15, 0.2) is 54.0 Å². The zero-order chi connectivity index (χ0) is 22.4. The fourth-order valence-corrected chi connectivity index (χ4v) is 4.38. The van der Waals surface area contributed by atoms with Crippen LogP contribution < -0.4 is 14.2 Å². The molecule has 0 unspecified atom stereocenters. The number of halogens is 2. The highest BCUT2D eigenvalue weighted by atomic mass is 127. The van der Waals surface area contributed by atoms with Crippen molar-refractivity contribution in [2.75, 3.05) is 26.9 Å². The van der Waals surface area contributed by atoms with Gasteiger partial charge in [-0.2, -0.15) is 0 Å². The molecule has 0 saturated carbocycles. The van der Waals surface area contributed by atoms with Gasteiger partial charge in [0, 0.05) is 0 Å². The van der Waals surface area contributed by atoms with Crippen molar-refractivity contribution in [2.24, 2.45) is 0 Å². The van der Waals surface area contributed by atoms with Gasteiger partial charge in [-0.3, -0.25) is 14.5 Å². The van der Waals surface area contributed by atoms with Crippen molar-refractivity contribution in [3.05, 3.63) is 68.9 Å². The van der Waals surface area contributed by atoms with Crippen LogP contribution in [0.25, 0.3) is 6.08 Å². The van der Waals surface area contributed by atoms with Gasteiger partial charge in [-0.1, -0.05) is 12.7 Å². The number of rotatable bonds is 9. The average molecular weight is 555 g/mol. The van der Waals surface area contributed by atoms with Crippen LogP contribution in [0.2, 0.25) is 0 Å². The predicted molar refractivity (Wildman–Crippen MR) is 126 cm³/mol. The Morgan fingerprint density at radius 3 is 2.61 bits per heavy atom. The predicted octanol–water partition coefficient (Wildman–Crippen LogP) is 5.12. The molecule has 0 radical (unpaired) electrons. The lowest BCUT2D eigenvalue weighted by molar-refractivity contribution is -0.123. The number of hydrogen-bond donors (Lipinski definition) is 0. The Labute approximate surface area is 197 Å². The summed E-state index contributed by atoms with van der Waals surface area (Å²) >= 11 is 2.99. The number of benzene rings is 2. The number of thioether (sulfide) groups is 1. The lowest BCUT2D eigenvalue weighted by Crippen LogP contribution is -2.32. The second kappa shape index (κ2) is 10.7.